The number of carboxylic acid groups (broad SMARTS) is 3. The second-order valence-electron chi connectivity index (χ2n) is 7.83. The van der Waals surface area contributed by atoms with Gasteiger partial charge in [0.1, 0.15) is 6.04 Å². The molecule has 4 atom stereocenters. The van der Waals surface area contributed by atoms with Gasteiger partial charge in [-0.25, -0.2) is 0 Å². The highest BCUT2D eigenvalue weighted by Crippen LogP contribution is 2.26. The van der Waals surface area contributed by atoms with Gasteiger partial charge in [-0.15, -0.1) is 0 Å². The summed E-state index contributed by atoms with van der Waals surface area (Å²) in [5.74, 6) is -7.28. The summed E-state index contributed by atoms with van der Waals surface area (Å²) >= 11 is 0. The third-order valence-corrected chi connectivity index (χ3v) is 4.71. The molecule has 3 unspecified atom stereocenters. The van der Waals surface area contributed by atoms with Crippen LogP contribution in [0.3, 0.4) is 0 Å². The van der Waals surface area contributed by atoms with Gasteiger partial charge in [0.25, 0.3) is 5.91 Å². The van der Waals surface area contributed by atoms with E-state index in [0.717, 1.165) is 13.8 Å². The van der Waals surface area contributed by atoms with Crippen LogP contribution in [-0.2, 0) is 38.4 Å². The van der Waals surface area contributed by atoms with Crippen molar-refractivity contribution in [3.05, 3.63) is 0 Å². The van der Waals surface area contributed by atoms with E-state index < -0.39 is 84.4 Å². The highest BCUT2D eigenvalue weighted by molar-refractivity contribution is 6.03. The highest BCUT2D eigenvalue weighted by Gasteiger charge is 2.45. The number of carbonyl (C=O) groups excluding carboxylic acids is 4. The average Bonchev–Trinajstić information content (AvgIpc) is 3.08. The lowest BCUT2D eigenvalue weighted by Crippen LogP contribution is -2.54. The summed E-state index contributed by atoms with van der Waals surface area (Å²) in [5, 5.41) is 37.4. The number of carbonyl (C=O) groups is 7. The van der Waals surface area contributed by atoms with E-state index >= 15 is 0 Å². The molecule has 15 heteroatoms. The second kappa shape index (κ2) is 11.7. The van der Waals surface area contributed by atoms with Crippen molar-refractivity contribution >= 4 is 47.1 Å². The molecule has 15 nitrogen and oxygen atoms in total. The van der Waals surface area contributed by atoms with Crippen molar-refractivity contribution in [1.82, 2.24) is 16.0 Å². The first-order valence-electron chi connectivity index (χ1n) is 9.93. The number of amides is 3. The van der Waals surface area contributed by atoms with Crippen molar-refractivity contribution in [2.24, 2.45) is 5.16 Å². The smallest absolute Gasteiger partial charge is 0.305 e. The van der Waals surface area contributed by atoms with E-state index in [1.54, 1.807) is 0 Å². The van der Waals surface area contributed by atoms with E-state index in [1.807, 2.05) is 0 Å². The molecule has 3 amide bonds. The lowest BCUT2D eigenvalue weighted by Gasteiger charge is -2.24. The van der Waals surface area contributed by atoms with Crippen molar-refractivity contribution in [3.8, 4) is 0 Å². The summed E-state index contributed by atoms with van der Waals surface area (Å²) in [6, 6.07) is -4.16. The molecule has 34 heavy (non-hydrogen) atoms. The molecule has 0 spiro atoms. The Hall–Kier alpha value is -4.04. The molecule has 0 bridgehead atoms. The minimum Gasteiger partial charge on any atom is -0.481 e. The molecule has 188 valence electrons. The highest BCUT2D eigenvalue weighted by atomic mass is 16.7. The van der Waals surface area contributed by atoms with Gasteiger partial charge in [-0.05, 0) is 13.8 Å². The number of nitrogens with one attached hydrogen (secondary N) is 3. The van der Waals surface area contributed by atoms with Crippen molar-refractivity contribution in [2.75, 3.05) is 0 Å². The van der Waals surface area contributed by atoms with E-state index in [-0.39, 0.29) is 12.1 Å². The van der Waals surface area contributed by atoms with E-state index in [0.29, 0.717) is 0 Å². The first kappa shape index (κ1) is 28.0. The minimum atomic E-state index is -1.75. The van der Waals surface area contributed by atoms with Crippen molar-refractivity contribution < 1.29 is 53.7 Å². The number of oxime groups is 1. The molecule has 0 saturated carbocycles. The van der Waals surface area contributed by atoms with E-state index in [1.165, 1.54) is 6.92 Å². The SMILES string of the molecule is CC(=O)NC(CC(=O)O)C(=O)NC(CC(=O)O)C1=NOC(C)(C(=O)N[C@@H](CC(=O)O)C(C)=O)C1. The van der Waals surface area contributed by atoms with E-state index in [2.05, 4.69) is 21.1 Å². The molecule has 1 heterocycles. The zero-order valence-electron chi connectivity index (χ0n) is 18.6. The topological polar surface area (TPSA) is 238 Å². The van der Waals surface area contributed by atoms with Gasteiger partial charge >= 0.3 is 17.9 Å². The van der Waals surface area contributed by atoms with Crippen LogP contribution < -0.4 is 16.0 Å². The molecule has 1 aliphatic rings. The lowest BCUT2D eigenvalue weighted by atomic mass is 9.93. The molecule has 0 saturated heterocycles. The van der Waals surface area contributed by atoms with Gasteiger partial charge in [-0.3, -0.25) is 33.6 Å². The molecule has 0 aromatic rings. The number of hydrogen-bond acceptors (Lipinski definition) is 9. The van der Waals surface area contributed by atoms with Crippen LogP contribution in [0, 0.1) is 0 Å². The number of carboxylic acids is 3. The van der Waals surface area contributed by atoms with E-state index in [4.69, 9.17) is 15.1 Å². The maximum absolute atomic E-state index is 12.7. The summed E-state index contributed by atoms with van der Waals surface area (Å²) in [7, 11) is 0. The zero-order valence-corrected chi connectivity index (χ0v) is 18.6. The molecule has 0 aromatic carbocycles. The molecule has 0 radical (unpaired) electrons. The number of nitrogens with zero attached hydrogens (tertiary/aromatic N) is 1. The number of Topliss-reactive ketones (excluding diaryl/α,β-unsaturated/α-hetero) is 1. The van der Waals surface area contributed by atoms with Crippen LogP contribution in [-0.4, -0.2) is 86.2 Å². The molecule has 0 aromatic heterocycles. The molecule has 1 rings (SSSR count). The molecule has 0 fully saturated rings. The Kier molecular flexibility index (Phi) is 9.65. The lowest BCUT2D eigenvalue weighted by molar-refractivity contribution is -0.145. The van der Waals surface area contributed by atoms with E-state index in [9.17, 15) is 38.7 Å². The van der Waals surface area contributed by atoms with Gasteiger partial charge in [-0.1, -0.05) is 5.16 Å². The molecule has 1 aliphatic heterocycles. The standard InChI is InChI=1S/C19H26N4O11/c1-8(24)10(4-14(26)27)22-18(33)19(3)7-13(23-34-19)11(5-15(28)29)21-17(32)12(6-16(30)31)20-9(2)25/h10-12H,4-7H2,1-3H3,(H,20,25)(H,21,32)(H,22,33)(H,26,27)(H,28,29)(H,30,31)/t10-,11?,12?,19?/m0/s1. The number of aliphatic carboxylic acids is 3. The first-order chi connectivity index (χ1) is 15.6. The number of rotatable bonds is 13. The first-order valence-corrected chi connectivity index (χ1v) is 9.93. The third-order valence-electron chi connectivity index (χ3n) is 4.71. The van der Waals surface area contributed by atoms with Crippen LogP contribution >= 0.6 is 0 Å². The van der Waals surface area contributed by atoms with Crippen molar-refractivity contribution in [2.45, 2.75) is 70.2 Å². The third kappa shape index (κ3) is 8.48. The number of ketones is 1. The normalized spacial score (nSPS) is 19.4. The maximum atomic E-state index is 12.7. The van der Waals surface area contributed by atoms with Gasteiger partial charge in [0.15, 0.2) is 5.78 Å². The Morgan fingerprint density at radius 3 is 1.88 bits per heavy atom. The van der Waals surface area contributed by atoms with Crippen LogP contribution in [0.15, 0.2) is 5.16 Å². The predicted molar refractivity (Wildman–Crippen MR) is 110 cm³/mol. The van der Waals surface area contributed by atoms with Crippen molar-refractivity contribution in [1.29, 1.82) is 0 Å². The van der Waals surface area contributed by atoms with Crippen LogP contribution in [0.4, 0.5) is 0 Å². The Labute approximate surface area is 192 Å². The van der Waals surface area contributed by atoms with Gasteiger partial charge in [0, 0.05) is 13.3 Å². The fourth-order valence-electron chi connectivity index (χ4n) is 2.99. The zero-order chi connectivity index (χ0) is 26.2. The predicted octanol–water partition coefficient (Wildman–Crippen LogP) is -1.99. The fraction of sp³-hybridized carbons (Fsp3) is 0.579. The monoisotopic (exact) mass is 486 g/mol. The fourth-order valence-corrected chi connectivity index (χ4v) is 2.99. The van der Waals surface area contributed by atoms with Gasteiger partial charge in [0.2, 0.25) is 17.4 Å². The number of hydrogen-bond donors (Lipinski definition) is 6. The second-order valence-corrected chi connectivity index (χ2v) is 7.83. The average molecular weight is 486 g/mol. The quantitative estimate of drug-likeness (QED) is 0.166. The van der Waals surface area contributed by atoms with Crippen LogP contribution in [0.5, 0.6) is 0 Å². The largest absolute Gasteiger partial charge is 0.481 e. The summed E-state index contributed by atoms with van der Waals surface area (Å²) in [4.78, 5) is 86.5. The van der Waals surface area contributed by atoms with Crippen LogP contribution in [0.1, 0.15) is 46.5 Å². The Morgan fingerprint density at radius 2 is 1.41 bits per heavy atom. The maximum Gasteiger partial charge on any atom is 0.305 e. The van der Waals surface area contributed by atoms with Gasteiger partial charge in [-0.2, -0.15) is 0 Å². The van der Waals surface area contributed by atoms with Gasteiger partial charge < -0.3 is 36.1 Å². The van der Waals surface area contributed by atoms with Crippen molar-refractivity contribution in [3.63, 3.8) is 0 Å². The van der Waals surface area contributed by atoms with Crippen LogP contribution in [0.2, 0.25) is 0 Å². The van der Waals surface area contributed by atoms with Crippen LogP contribution in [0.25, 0.3) is 0 Å². The minimum absolute atomic E-state index is 0.0806. The Bertz CT molecular complexity index is 900. The summed E-state index contributed by atoms with van der Waals surface area (Å²) in [5.41, 5.74) is -1.83. The molecular weight excluding hydrogens is 460 g/mol. The summed E-state index contributed by atoms with van der Waals surface area (Å²) < 4.78 is 0. The summed E-state index contributed by atoms with van der Waals surface area (Å²) in [6.45, 7) is 3.42. The molecular formula is C19H26N4O11. The molecule has 6 N–H and O–H groups in total. The Balaban J connectivity index is 3.01. The molecule has 0 aliphatic carbocycles. The Morgan fingerprint density at radius 1 is 0.882 bits per heavy atom. The van der Waals surface area contributed by atoms with Gasteiger partial charge in [0.05, 0.1) is 37.1 Å². The summed E-state index contributed by atoms with van der Waals surface area (Å²) in [6.07, 6.45) is -2.49.